The van der Waals surface area contributed by atoms with Gasteiger partial charge in [0.1, 0.15) is 5.69 Å². The molecule has 0 saturated heterocycles. The zero-order chi connectivity index (χ0) is 12.3. The first-order valence-electron chi connectivity index (χ1n) is 4.65. The molecule has 0 aliphatic carbocycles. The topological polar surface area (TPSA) is 32.3 Å². The van der Waals surface area contributed by atoms with Crippen molar-refractivity contribution in [3.8, 4) is 0 Å². The first-order chi connectivity index (χ1) is 7.47. The second-order valence-corrected chi connectivity index (χ2v) is 3.51. The molecule has 2 nitrogen and oxygen atoms in total. The van der Waals surface area contributed by atoms with Crippen molar-refractivity contribution in [3.05, 3.63) is 29.3 Å². The van der Waals surface area contributed by atoms with Gasteiger partial charge in [-0.2, -0.15) is 0 Å². The van der Waals surface area contributed by atoms with Crippen molar-refractivity contribution in [1.82, 2.24) is 0 Å². The number of aliphatic hydroxyl groups is 1. The van der Waals surface area contributed by atoms with Gasteiger partial charge >= 0.3 is 0 Å². The van der Waals surface area contributed by atoms with Crippen LogP contribution in [-0.2, 0) is 0 Å². The summed E-state index contributed by atoms with van der Waals surface area (Å²) >= 11 is 0. The molecular formula is C10H11F4NO. The first-order valence-corrected chi connectivity index (χ1v) is 4.65. The van der Waals surface area contributed by atoms with E-state index in [1.165, 1.54) is 0 Å². The van der Waals surface area contributed by atoms with Gasteiger partial charge in [-0.05, 0) is 5.92 Å². The van der Waals surface area contributed by atoms with Gasteiger partial charge in [0.2, 0.25) is 0 Å². The van der Waals surface area contributed by atoms with Crippen LogP contribution in [0, 0.1) is 29.2 Å². The van der Waals surface area contributed by atoms with Gasteiger partial charge in [-0.1, -0.05) is 6.92 Å². The van der Waals surface area contributed by atoms with E-state index in [0.29, 0.717) is 0 Å². The number of nitrogens with one attached hydrogen (secondary N) is 1. The van der Waals surface area contributed by atoms with Crippen LogP contribution >= 0.6 is 0 Å². The van der Waals surface area contributed by atoms with Crippen molar-refractivity contribution in [1.29, 1.82) is 0 Å². The molecule has 0 aliphatic heterocycles. The van der Waals surface area contributed by atoms with E-state index in [-0.39, 0.29) is 25.1 Å². The zero-order valence-corrected chi connectivity index (χ0v) is 8.53. The lowest BCUT2D eigenvalue weighted by molar-refractivity contribution is 0.244. The fourth-order valence-electron chi connectivity index (χ4n) is 1.07. The molecule has 16 heavy (non-hydrogen) atoms. The molecule has 2 N–H and O–H groups in total. The Balaban J connectivity index is 2.94. The maximum absolute atomic E-state index is 13.1. The lowest BCUT2D eigenvalue weighted by Crippen LogP contribution is -2.17. The molecule has 0 spiro atoms. The fraction of sp³-hybridized carbons (Fsp3) is 0.400. The van der Waals surface area contributed by atoms with Crippen LogP contribution in [-0.4, -0.2) is 18.3 Å². The second-order valence-electron chi connectivity index (χ2n) is 3.51. The molecule has 0 heterocycles. The predicted molar refractivity (Wildman–Crippen MR) is 51.0 cm³/mol. The van der Waals surface area contributed by atoms with Crippen molar-refractivity contribution in [2.75, 3.05) is 18.5 Å². The van der Waals surface area contributed by atoms with Crippen LogP contribution in [0.4, 0.5) is 23.2 Å². The Morgan fingerprint density at radius 1 is 1.19 bits per heavy atom. The van der Waals surface area contributed by atoms with Crippen LogP contribution in [0.2, 0.25) is 0 Å². The summed E-state index contributed by atoms with van der Waals surface area (Å²) in [5.41, 5.74) is -0.849. The predicted octanol–water partition coefficient (Wildman–Crippen LogP) is 2.28. The number of hydrogen-bond donors (Lipinski definition) is 2. The molecule has 0 aromatic heterocycles. The molecule has 0 fully saturated rings. The van der Waals surface area contributed by atoms with Crippen LogP contribution in [0.5, 0.6) is 0 Å². The summed E-state index contributed by atoms with van der Waals surface area (Å²) in [7, 11) is 0. The van der Waals surface area contributed by atoms with Gasteiger partial charge in [-0.25, -0.2) is 17.6 Å². The summed E-state index contributed by atoms with van der Waals surface area (Å²) in [6.45, 7) is 1.42. The highest BCUT2D eigenvalue weighted by atomic mass is 19.2. The van der Waals surface area contributed by atoms with E-state index in [2.05, 4.69) is 5.32 Å². The first kappa shape index (κ1) is 12.8. The Kier molecular flexibility index (Phi) is 4.12. The molecule has 1 rings (SSSR count). The van der Waals surface area contributed by atoms with Gasteiger partial charge in [0.15, 0.2) is 23.3 Å². The van der Waals surface area contributed by atoms with Gasteiger partial charge in [-0.3, -0.25) is 0 Å². The van der Waals surface area contributed by atoms with E-state index in [9.17, 15) is 17.6 Å². The quantitative estimate of drug-likeness (QED) is 0.622. The molecule has 0 radical (unpaired) electrons. The third kappa shape index (κ3) is 2.63. The minimum atomic E-state index is -1.47. The number of aliphatic hydroxyl groups excluding tert-OH is 1. The molecule has 0 amide bonds. The van der Waals surface area contributed by atoms with Crippen molar-refractivity contribution in [2.24, 2.45) is 5.92 Å². The number of hydrogen-bond acceptors (Lipinski definition) is 2. The van der Waals surface area contributed by atoms with E-state index < -0.39 is 29.0 Å². The Labute approximate surface area is 89.9 Å². The SMILES string of the molecule is CC(CO)CNc1c(F)c(F)cc(F)c1F. The number of halogens is 4. The molecule has 90 valence electrons. The average molecular weight is 237 g/mol. The van der Waals surface area contributed by atoms with Crippen LogP contribution in [0.1, 0.15) is 6.92 Å². The second kappa shape index (κ2) is 5.16. The number of benzene rings is 1. The lowest BCUT2D eigenvalue weighted by Gasteiger charge is -2.12. The molecule has 0 bridgehead atoms. The minimum Gasteiger partial charge on any atom is -0.396 e. The average Bonchev–Trinajstić information content (AvgIpc) is 2.26. The van der Waals surface area contributed by atoms with Gasteiger partial charge in [0, 0.05) is 19.2 Å². The smallest absolute Gasteiger partial charge is 0.185 e. The Hall–Kier alpha value is -1.30. The number of anilines is 1. The summed E-state index contributed by atoms with van der Waals surface area (Å²) in [5.74, 6) is -6.14. The summed E-state index contributed by atoms with van der Waals surface area (Å²) in [6.07, 6.45) is 0. The summed E-state index contributed by atoms with van der Waals surface area (Å²) < 4.78 is 51.7. The molecular weight excluding hydrogens is 226 g/mol. The minimum absolute atomic E-state index is 0.00718. The monoisotopic (exact) mass is 237 g/mol. The molecule has 6 heteroatoms. The Morgan fingerprint density at radius 2 is 1.69 bits per heavy atom. The van der Waals surface area contributed by atoms with Crippen molar-refractivity contribution < 1.29 is 22.7 Å². The van der Waals surface area contributed by atoms with E-state index in [1.54, 1.807) is 6.92 Å². The van der Waals surface area contributed by atoms with Gasteiger partial charge in [0.05, 0.1) is 0 Å². The van der Waals surface area contributed by atoms with Crippen molar-refractivity contribution >= 4 is 5.69 Å². The Bertz CT molecular complexity index is 357. The highest BCUT2D eigenvalue weighted by Gasteiger charge is 2.19. The highest BCUT2D eigenvalue weighted by Crippen LogP contribution is 2.24. The maximum Gasteiger partial charge on any atom is 0.185 e. The Morgan fingerprint density at radius 3 is 2.12 bits per heavy atom. The summed E-state index contributed by atoms with van der Waals surface area (Å²) in [6, 6.07) is 0.144. The zero-order valence-electron chi connectivity index (χ0n) is 8.53. The van der Waals surface area contributed by atoms with E-state index in [1.807, 2.05) is 0 Å². The third-order valence-electron chi connectivity index (χ3n) is 2.05. The summed E-state index contributed by atoms with van der Waals surface area (Å²) in [4.78, 5) is 0. The van der Waals surface area contributed by atoms with Gasteiger partial charge in [0.25, 0.3) is 0 Å². The molecule has 0 aliphatic rings. The maximum atomic E-state index is 13.1. The highest BCUT2D eigenvalue weighted by molar-refractivity contribution is 5.47. The van der Waals surface area contributed by atoms with Crippen LogP contribution in [0.15, 0.2) is 6.07 Å². The van der Waals surface area contributed by atoms with Crippen LogP contribution in [0.3, 0.4) is 0 Å². The van der Waals surface area contributed by atoms with Crippen LogP contribution < -0.4 is 5.32 Å². The molecule has 1 aromatic carbocycles. The fourth-order valence-corrected chi connectivity index (χ4v) is 1.07. The van der Waals surface area contributed by atoms with Crippen molar-refractivity contribution in [2.45, 2.75) is 6.92 Å². The third-order valence-corrected chi connectivity index (χ3v) is 2.05. The van der Waals surface area contributed by atoms with Gasteiger partial charge in [-0.15, -0.1) is 0 Å². The largest absolute Gasteiger partial charge is 0.396 e. The van der Waals surface area contributed by atoms with E-state index in [4.69, 9.17) is 5.11 Å². The number of rotatable bonds is 4. The van der Waals surface area contributed by atoms with Gasteiger partial charge < -0.3 is 10.4 Å². The standard InChI is InChI=1S/C10H11F4NO/c1-5(4-16)3-15-10-8(13)6(11)2-7(12)9(10)14/h2,5,15-16H,3-4H2,1H3. The lowest BCUT2D eigenvalue weighted by atomic mass is 10.2. The van der Waals surface area contributed by atoms with Crippen LogP contribution in [0.25, 0.3) is 0 Å². The molecule has 0 saturated carbocycles. The van der Waals surface area contributed by atoms with Crippen molar-refractivity contribution in [3.63, 3.8) is 0 Å². The normalized spacial score (nSPS) is 12.6. The van der Waals surface area contributed by atoms with E-state index >= 15 is 0 Å². The molecule has 1 atom stereocenters. The van der Waals surface area contributed by atoms with E-state index in [0.717, 1.165) is 0 Å². The molecule has 1 unspecified atom stereocenters. The summed E-state index contributed by atoms with van der Waals surface area (Å²) in [5, 5.41) is 10.9. The molecule has 1 aromatic rings.